The van der Waals surface area contributed by atoms with E-state index in [4.69, 9.17) is 9.72 Å². The summed E-state index contributed by atoms with van der Waals surface area (Å²) in [6.07, 6.45) is 4.16. The van der Waals surface area contributed by atoms with Gasteiger partial charge in [0.25, 0.3) is 0 Å². The molecule has 0 aliphatic carbocycles. The van der Waals surface area contributed by atoms with Gasteiger partial charge in [0.2, 0.25) is 11.8 Å². The normalized spacial score (nSPS) is 19.7. The first-order valence-electron chi connectivity index (χ1n) is 13.4. The summed E-state index contributed by atoms with van der Waals surface area (Å²) in [5, 5.41) is 10.3. The molecule has 1 atom stereocenters. The Labute approximate surface area is 223 Å². The number of carbonyl (C=O) groups excluding carboxylic acids is 1. The molecule has 4 heterocycles. The number of anilines is 2. The van der Waals surface area contributed by atoms with Crippen LogP contribution in [-0.4, -0.2) is 79.7 Å². The Kier molecular flexibility index (Phi) is 7.52. The minimum atomic E-state index is -0.244. The molecule has 8 nitrogen and oxygen atoms in total. The number of halogens is 1. The first-order valence-corrected chi connectivity index (χ1v) is 13.4. The summed E-state index contributed by atoms with van der Waals surface area (Å²) in [7, 11) is 2.09. The molecular formula is C29H35FN6O2. The SMILES string of the molecule is C=CC(=O)N1CCN(c2c(C#N)c(OCC3CCCN3C)nc3c2CCN(c2c(C)cccc2F)C3)CC1. The van der Waals surface area contributed by atoms with Crippen molar-refractivity contribution in [3.05, 3.63) is 59.1 Å². The number of hydrogen-bond donors (Lipinski definition) is 0. The van der Waals surface area contributed by atoms with Gasteiger partial charge in [-0.05, 0) is 57.5 Å². The Hall–Kier alpha value is -3.64. The molecule has 2 fully saturated rings. The number of likely N-dealkylation sites (N-methyl/N-ethyl adjacent to an activating group) is 1. The van der Waals surface area contributed by atoms with Gasteiger partial charge in [0.15, 0.2) is 0 Å². The zero-order valence-corrected chi connectivity index (χ0v) is 22.2. The summed E-state index contributed by atoms with van der Waals surface area (Å²) in [5.41, 5.74) is 4.60. The van der Waals surface area contributed by atoms with Crippen LogP contribution in [0.4, 0.5) is 15.8 Å². The van der Waals surface area contributed by atoms with Crippen LogP contribution in [0.25, 0.3) is 0 Å². The maximum atomic E-state index is 14.9. The number of rotatable bonds is 6. The van der Waals surface area contributed by atoms with Gasteiger partial charge >= 0.3 is 0 Å². The number of carbonyl (C=O) groups is 1. The number of likely N-dealkylation sites (tertiary alicyclic amines) is 1. The number of piperazine rings is 1. The minimum Gasteiger partial charge on any atom is -0.475 e. The molecule has 200 valence electrons. The first kappa shape index (κ1) is 26.0. The number of amides is 1. The third-order valence-corrected chi connectivity index (χ3v) is 8.08. The molecule has 38 heavy (non-hydrogen) atoms. The molecule has 0 bridgehead atoms. The van der Waals surface area contributed by atoms with Gasteiger partial charge in [-0.2, -0.15) is 5.26 Å². The van der Waals surface area contributed by atoms with Gasteiger partial charge in [-0.15, -0.1) is 0 Å². The van der Waals surface area contributed by atoms with Gasteiger partial charge in [-0.3, -0.25) is 4.79 Å². The number of aromatic nitrogens is 1. The van der Waals surface area contributed by atoms with E-state index in [1.807, 2.05) is 17.9 Å². The zero-order chi connectivity index (χ0) is 26.8. The van der Waals surface area contributed by atoms with Crippen LogP contribution in [-0.2, 0) is 17.8 Å². The summed E-state index contributed by atoms with van der Waals surface area (Å²) in [4.78, 5) is 25.3. The Morgan fingerprint density at radius 3 is 2.66 bits per heavy atom. The van der Waals surface area contributed by atoms with Crippen LogP contribution in [0.1, 0.15) is 35.2 Å². The molecule has 1 amide bonds. The Morgan fingerprint density at radius 1 is 1.21 bits per heavy atom. The molecule has 1 unspecified atom stereocenters. The molecule has 0 saturated carbocycles. The molecule has 9 heteroatoms. The lowest BCUT2D eigenvalue weighted by Gasteiger charge is -2.39. The van der Waals surface area contributed by atoms with Crippen molar-refractivity contribution < 1.29 is 13.9 Å². The number of nitrogens with zero attached hydrogens (tertiary/aromatic N) is 6. The van der Waals surface area contributed by atoms with E-state index in [2.05, 4.69) is 29.5 Å². The van der Waals surface area contributed by atoms with Gasteiger partial charge in [0.05, 0.1) is 23.6 Å². The Bertz CT molecular complexity index is 1250. The highest BCUT2D eigenvalue weighted by molar-refractivity contribution is 5.87. The second kappa shape index (κ2) is 11.0. The van der Waals surface area contributed by atoms with E-state index >= 15 is 0 Å². The van der Waals surface area contributed by atoms with Gasteiger partial charge < -0.3 is 24.3 Å². The standard InChI is InChI=1S/C29H35FN6O2/c1-4-26(37)34-13-15-35(16-14-34)28-22-10-12-36(27-20(2)7-5-9-24(27)30)18-25(22)32-29(23(28)17-31)38-19-21-8-6-11-33(21)3/h4-5,7,9,21H,1,6,8,10-16,18-19H2,2-3H3. The molecule has 0 spiro atoms. The third kappa shape index (κ3) is 4.93. The van der Waals surface area contributed by atoms with Crippen LogP contribution in [0, 0.1) is 24.1 Å². The lowest BCUT2D eigenvalue weighted by atomic mass is 9.97. The molecule has 3 aliphatic heterocycles. The molecular weight excluding hydrogens is 483 g/mol. The van der Waals surface area contributed by atoms with Gasteiger partial charge in [0, 0.05) is 44.3 Å². The fourth-order valence-electron chi connectivity index (χ4n) is 5.95. The Balaban J connectivity index is 1.51. The number of nitriles is 1. The predicted octanol–water partition coefficient (Wildman–Crippen LogP) is 3.27. The fraction of sp³-hybridized carbons (Fsp3) is 0.483. The molecule has 5 rings (SSSR count). The minimum absolute atomic E-state index is 0.0810. The van der Waals surface area contributed by atoms with E-state index in [0.717, 1.165) is 41.9 Å². The first-order chi connectivity index (χ1) is 18.4. The van der Waals surface area contributed by atoms with Crippen molar-refractivity contribution in [2.45, 2.75) is 38.8 Å². The van der Waals surface area contributed by atoms with E-state index in [-0.39, 0.29) is 17.8 Å². The number of pyridine rings is 1. The van der Waals surface area contributed by atoms with Crippen molar-refractivity contribution in [1.29, 1.82) is 5.26 Å². The van der Waals surface area contributed by atoms with Crippen LogP contribution < -0.4 is 14.5 Å². The number of aryl methyl sites for hydroxylation is 1. The van der Waals surface area contributed by atoms with Crippen molar-refractivity contribution in [3.63, 3.8) is 0 Å². The number of fused-ring (bicyclic) bond motifs is 1. The second-order valence-corrected chi connectivity index (χ2v) is 10.4. The predicted molar refractivity (Wildman–Crippen MR) is 145 cm³/mol. The fourth-order valence-corrected chi connectivity index (χ4v) is 5.95. The number of hydrogen-bond acceptors (Lipinski definition) is 7. The second-order valence-electron chi connectivity index (χ2n) is 10.4. The lowest BCUT2D eigenvalue weighted by molar-refractivity contribution is -0.126. The average Bonchev–Trinajstić information content (AvgIpc) is 3.34. The summed E-state index contributed by atoms with van der Waals surface area (Å²) >= 11 is 0. The van der Waals surface area contributed by atoms with Crippen LogP contribution in [0.5, 0.6) is 5.88 Å². The molecule has 0 radical (unpaired) electrons. The van der Waals surface area contributed by atoms with E-state index < -0.39 is 0 Å². The highest BCUT2D eigenvalue weighted by Gasteiger charge is 2.32. The largest absolute Gasteiger partial charge is 0.475 e. The highest BCUT2D eigenvalue weighted by atomic mass is 19.1. The lowest BCUT2D eigenvalue weighted by Crippen LogP contribution is -2.49. The monoisotopic (exact) mass is 518 g/mol. The number of benzene rings is 1. The molecule has 2 saturated heterocycles. The molecule has 2 aromatic rings. The number of ether oxygens (including phenoxy) is 1. The van der Waals surface area contributed by atoms with Crippen LogP contribution in [0.15, 0.2) is 30.9 Å². The summed E-state index contributed by atoms with van der Waals surface area (Å²) < 4.78 is 21.1. The highest BCUT2D eigenvalue weighted by Crippen LogP contribution is 2.38. The maximum Gasteiger partial charge on any atom is 0.246 e. The maximum absolute atomic E-state index is 14.9. The molecule has 1 aromatic carbocycles. The Morgan fingerprint density at radius 2 is 2.00 bits per heavy atom. The van der Waals surface area contributed by atoms with Gasteiger partial charge in [-0.1, -0.05) is 18.7 Å². The zero-order valence-electron chi connectivity index (χ0n) is 22.2. The van der Waals surface area contributed by atoms with Crippen molar-refractivity contribution in [1.82, 2.24) is 14.8 Å². The van der Waals surface area contributed by atoms with E-state index in [1.54, 1.807) is 11.0 Å². The molecule has 3 aliphatic rings. The van der Waals surface area contributed by atoms with Crippen molar-refractivity contribution in [2.75, 3.05) is 62.7 Å². The van der Waals surface area contributed by atoms with E-state index in [9.17, 15) is 14.4 Å². The molecule has 0 N–H and O–H groups in total. The topological polar surface area (TPSA) is 75.9 Å². The summed E-state index contributed by atoms with van der Waals surface area (Å²) in [6, 6.07) is 7.82. The van der Waals surface area contributed by atoms with Crippen LogP contribution in [0.2, 0.25) is 0 Å². The van der Waals surface area contributed by atoms with Crippen molar-refractivity contribution >= 4 is 17.3 Å². The van der Waals surface area contributed by atoms with Crippen LogP contribution >= 0.6 is 0 Å². The quantitative estimate of drug-likeness (QED) is 0.544. The third-order valence-electron chi connectivity index (χ3n) is 8.08. The van der Waals surface area contributed by atoms with Gasteiger partial charge in [0.1, 0.15) is 24.1 Å². The average molecular weight is 519 g/mol. The smallest absolute Gasteiger partial charge is 0.246 e. The van der Waals surface area contributed by atoms with Crippen molar-refractivity contribution in [3.8, 4) is 11.9 Å². The van der Waals surface area contributed by atoms with Gasteiger partial charge in [-0.25, -0.2) is 9.37 Å². The summed E-state index contributed by atoms with van der Waals surface area (Å²) in [5.74, 6) is 0.0202. The van der Waals surface area contributed by atoms with E-state index in [0.29, 0.717) is 69.4 Å². The van der Waals surface area contributed by atoms with Crippen LogP contribution in [0.3, 0.4) is 0 Å². The summed E-state index contributed by atoms with van der Waals surface area (Å²) in [6.45, 7) is 10.4. The van der Waals surface area contributed by atoms with E-state index in [1.165, 1.54) is 12.1 Å². The molecule has 1 aromatic heterocycles. The number of para-hydroxylation sites is 1. The van der Waals surface area contributed by atoms with Crippen molar-refractivity contribution in [2.24, 2.45) is 0 Å².